The van der Waals surface area contributed by atoms with Crippen LogP contribution >= 0.6 is 11.3 Å². The third-order valence-corrected chi connectivity index (χ3v) is 3.70. The fourth-order valence-corrected chi connectivity index (χ4v) is 2.23. The van der Waals surface area contributed by atoms with Crippen molar-refractivity contribution in [2.24, 2.45) is 0 Å². The van der Waals surface area contributed by atoms with Gasteiger partial charge in [0.2, 0.25) is 0 Å². The molecule has 1 heterocycles. The van der Waals surface area contributed by atoms with E-state index in [9.17, 15) is 4.79 Å². The lowest BCUT2D eigenvalue weighted by atomic mass is 10.2. The number of hydrogen-bond donors (Lipinski definition) is 1. The van der Waals surface area contributed by atoms with E-state index in [4.69, 9.17) is 4.74 Å². The highest BCUT2D eigenvalue weighted by Crippen LogP contribution is 2.15. The Balaban J connectivity index is 1.90. The van der Waals surface area contributed by atoms with Gasteiger partial charge in [-0.15, -0.1) is 11.3 Å². The summed E-state index contributed by atoms with van der Waals surface area (Å²) >= 11 is 1.43. The minimum Gasteiger partial charge on any atom is -0.486 e. The molecule has 2 rings (SSSR count). The Morgan fingerprint density at radius 3 is 2.85 bits per heavy atom. The van der Waals surface area contributed by atoms with E-state index < -0.39 is 0 Å². The molecule has 1 aromatic carbocycles. The summed E-state index contributed by atoms with van der Waals surface area (Å²) in [6.45, 7) is 4.39. The van der Waals surface area contributed by atoms with E-state index in [1.165, 1.54) is 11.3 Å². The van der Waals surface area contributed by atoms with Gasteiger partial charge in [-0.2, -0.15) is 0 Å². The zero-order valence-corrected chi connectivity index (χ0v) is 12.4. The van der Waals surface area contributed by atoms with E-state index in [1.807, 2.05) is 44.2 Å². The van der Waals surface area contributed by atoms with E-state index in [0.29, 0.717) is 12.3 Å². The molecule has 106 valence electrons. The maximum Gasteiger partial charge on any atom is 0.270 e. The summed E-state index contributed by atoms with van der Waals surface area (Å²) < 4.78 is 5.60. The molecule has 0 saturated carbocycles. The molecule has 0 fully saturated rings. The second-order valence-electron chi connectivity index (χ2n) is 4.51. The largest absolute Gasteiger partial charge is 0.486 e. The van der Waals surface area contributed by atoms with Gasteiger partial charge in [0.05, 0.1) is 0 Å². The molecule has 0 aliphatic heterocycles. The number of aromatic nitrogens is 1. The Bertz CT molecular complexity index is 554. The SMILES string of the molecule is CCC(C)NC(=O)c1csc(COc2ccccc2)n1. The van der Waals surface area contributed by atoms with Crippen molar-refractivity contribution < 1.29 is 9.53 Å². The Morgan fingerprint density at radius 1 is 1.40 bits per heavy atom. The van der Waals surface area contributed by atoms with Crippen LogP contribution in [0.2, 0.25) is 0 Å². The standard InChI is InChI=1S/C15H18N2O2S/c1-3-11(2)16-15(18)13-10-20-14(17-13)9-19-12-7-5-4-6-8-12/h4-8,10-11H,3,9H2,1-2H3,(H,16,18). The Morgan fingerprint density at radius 2 is 2.15 bits per heavy atom. The predicted molar refractivity (Wildman–Crippen MR) is 80.1 cm³/mol. The zero-order chi connectivity index (χ0) is 14.4. The normalized spacial score (nSPS) is 11.9. The van der Waals surface area contributed by atoms with Crippen molar-refractivity contribution in [2.75, 3.05) is 0 Å². The van der Waals surface area contributed by atoms with Gasteiger partial charge in [0, 0.05) is 11.4 Å². The third-order valence-electron chi connectivity index (χ3n) is 2.88. The van der Waals surface area contributed by atoms with Crippen LogP contribution in [0.25, 0.3) is 0 Å². The fourth-order valence-electron chi connectivity index (χ4n) is 1.54. The van der Waals surface area contributed by atoms with Crippen LogP contribution in [0.1, 0.15) is 35.8 Å². The fraction of sp³-hybridized carbons (Fsp3) is 0.333. The molecule has 0 aliphatic rings. The summed E-state index contributed by atoms with van der Waals surface area (Å²) in [5.74, 6) is 0.676. The van der Waals surface area contributed by atoms with Gasteiger partial charge in [-0.3, -0.25) is 4.79 Å². The topological polar surface area (TPSA) is 51.2 Å². The maximum absolute atomic E-state index is 11.9. The molecule has 1 amide bonds. The summed E-state index contributed by atoms with van der Waals surface area (Å²) in [5, 5.41) is 5.46. The van der Waals surface area contributed by atoms with Gasteiger partial charge in [0.15, 0.2) is 0 Å². The number of thiazole rings is 1. The minimum absolute atomic E-state index is 0.124. The van der Waals surface area contributed by atoms with Gasteiger partial charge in [-0.05, 0) is 25.5 Å². The molecule has 0 radical (unpaired) electrons. The lowest BCUT2D eigenvalue weighted by molar-refractivity contribution is 0.0934. The van der Waals surface area contributed by atoms with Crippen molar-refractivity contribution in [2.45, 2.75) is 32.9 Å². The predicted octanol–water partition coefficient (Wildman–Crippen LogP) is 3.25. The molecule has 0 saturated heterocycles. The summed E-state index contributed by atoms with van der Waals surface area (Å²) in [6.07, 6.45) is 0.903. The highest BCUT2D eigenvalue weighted by Gasteiger charge is 2.12. The quantitative estimate of drug-likeness (QED) is 0.888. The van der Waals surface area contributed by atoms with Crippen molar-refractivity contribution in [3.05, 3.63) is 46.4 Å². The molecule has 1 aromatic heterocycles. The van der Waals surface area contributed by atoms with Crippen molar-refractivity contribution in [1.29, 1.82) is 0 Å². The number of carbonyl (C=O) groups is 1. The van der Waals surface area contributed by atoms with Crippen molar-refractivity contribution in [1.82, 2.24) is 10.3 Å². The zero-order valence-electron chi connectivity index (χ0n) is 11.6. The maximum atomic E-state index is 11.9. The molecule has 1 unspecified atom stereocenters. The number of carbonyl (C=O) groups excluding carboxylic acids is 1. The van der Waals surface area contributed by atoms with Crippen LogP contribution in [0.4, 0.5) is 0 Å². The molecule has 0 aliphatic carbocycles. The van der Waals surface area contributed by atoms with Crippen LogP contribution < -0.4 is 10.1 Å². The van der Waals surface area contributed by atoms with Crippen LogP contribution in [0.15, 0.2) is 35.7 Å². The number of rotatable bonds is 6. The first-order valence-electron chi connectivity index (χ1n) is 6.62. The van der Waals surface area contributed by atoms with Gasteiger partial charge >= 0.3 is 0 Å². The molecule has 0 bridgehead atoms. The van der Waals surface area contributed by atoms with Gasteiger partial charge in [-0.25, -0.2) is 4.98 Å². The average Bonchev–Trinajstić information content (AvgIpc) is 2.95. The Labute approximate surface area is 122 Å². The van der Waals surface area contributed by atoms with Crippen LogP contribution in [-0.4, -0.2) is 16.9 Å². The number of ether oxygens (including phenoxy) is 1. The molecule has 0 spiro atoms. The summed E-state index contributed by atoms with van der Waals surface area (Å²) in [5.41, 5.74) is 0.460. The van der Waals surface area contributed by atoms with Gasteiger partial charge < -0.3 is 10.1 Å². The van der Waals surface area contributed by atoms with Gasteiger partial charge in [0.25, 0.3) is 5.91 Å². The summed E-state index contributed by atoms with van der Waals surface area (Å²) in [4.78, 5) is 16.2. The lowest BCUT2D eigenvalue weighted by Gasteiger charge is -2.09. The molecule has 5 heteroatoms. The molecule has 1 N–H and O–H groups in total. The van der Waals surface area contributed by atoms with Crippen molar-refractivity contribution in [3.8, 4) is 5.75 Å². The molecule has 2 aromatic rings. The molecule has 4 nitrogen and oxygen atoms in total. The molecule has 1 atom stereocenters. The van der Waals surface area contributed by atoms with E-state index in [0.717, 1.165) is 17.2 Å². The highest BCUT2D eigenvalue weighted by atomic mass is 32.1. The van der Waals surface area contributed by atoms with Crippen LogP contribution in [0.5, 0.6) is 5.75 Å². The minimum atomic E-state index is -0.124. The number of amides is 1. The van der Waals surface area contributed by atoms with E-state index in [2.05, 4.69) is 10.3 Å². The first-order valence-corrected chi connectivity index (χ1v) is 7.50. The van der Waals surface area contributed by atoms with Gasteiger partial charge in [0.1, 0.15) is 23.1 Å². The van der Waals surface area contributed by atoms with E-state index >= 15 is 0 Å². The summed E-state index contributed by atoms with van der Waals surface area (Å²) in [7, 11) is 0. The Kier molecular flexibility index (Phi) is 5.12. The van der Waals surface area contributed by atoms with Gasteiger partial charge in [-0.1, -0.05) is 25.1 Å². The first kappa shape index (κ1) is 14.5. The van der Waals surface area contributed by atoms with Crippen LogP contribution in [-0.2, 0) is 6.61 Å². The molecular weight excluding hydrogens is 272 g/mol. The van der Waals surface area contributed by atoms with Crippen molar-refractivity contribution >= 4 is 17.2 Å². The van der Waals surface area contributed by atoms with Crippen LogP contribution in [0.3, 0.4) is 0 Å². The third kappa shape index (κ3) is 4.06. The number of benzene rings is 1. The van der Waals surface area contributed by atoms with Crippen LogP contribution in [0, 0.1) is 0 Å². The second kappa shape index (κ2) is 7.05. The first-order chi connectivity index (χ1) is 9.69. The van der Waals surface area contributed by atoms with E-state index in [1.54, 1.807) is 5.38 Å². The highest BCUT2D eigenvalue weighted by molar-refractivity contribution is 7.09. The average molecular weight is 290 g/mol. The summed E-state index contributed by atoms with van der Waals surface area (Å²) in [6, 6.07) is 9.72. The number of para-hydroxylation sites is 1. The molecular formula is C15H18N2O2S. The molecule has 20 heavy (non-hydrogen) atoms. The Hall–Kier alpha value is -1.88. The lowest BCUT2D eigenvalue weighted by Crippen LogP contribution is -2.32. The number of nitrogens with zero attached hydrogens (tertiary/aromatic N) is 1. The smallest absolute Gasteiger partial charge is 0.270 e. The monoisotopic (exact) mass is 290 g/mol. The number of hydrogen-bond acceptors (Lipinski definition) is 4. The van der Waals surface area contributed by atoms with Crippen molar-refractivity contribution in [3.63, 3.8) is 0 Å². The number of nitrogens with one attached hydrogen (secondary N) is 1. The second-order valence-corrected chi connectivity index (χ2v) is 5.45. The van der Waals surface area contributed by atoms with E-state index in [-0.39, 0.29) is 11.9 Å².